The Hall–Kier alpha value is -3.93. The van der Waals surface area contributed by atoms with Gasteiger partial charge in [0.05, 0.1) is 13.2 Å². The summed E-state index contributed by atoms with van der Waals surface area (Å²) in [7, 11) is 0. The van der Waals surface area contributed by atoms with E-state index in [2.05, 4.69) is 19.7 Å². The molecule has 6 nitrogen and oxygen atoms in total. The molecule has 1 unspecified atom stereocenters. The fourth-order valence-corrected chi connectivity index (χ4v) is 3.00. The van der Waals surface area contributed by atoms with Crippen molar-refractivity contribution in [1.29, 1.82) is 0 Å². The summed E-state index contributed by atoms with van der Waals surface area (Å²) in [6.07, 6.45) is 1.05. The summed E-state index contributed by atoms with van der Waals surface area (Å²) >= 11 is 0. The van der Waals surface area contributed by atoms with Gasteiger partial charge in [-0.2, -0.15) is 0 Å². The van der Waals surface area contributed by atoms with E-state index in [1.54, 1.807) is 26.0 Å². The van der Waals surface area contributed by atoms with Gasteiger partial charge in [-0.3, -0.25) is 0 Å². The normalized spacial score (nSPS) is 11.2. The fourth-order valence-electron chi connectivity index (χ4n) is 3.00. The quantitative estimate of drug-likeness (QED) is 0.225. The topological polar surface area (TPSA) is 78.9 Å². The lowest BCUT2D eigenvalue weighted by atomic mass is 9.98. The molecule has 2 aromatic rings. The van der Waals surface area contributed by atoms with Crippen molar-refractivity contribution in [2.75, 3.05) is 13.2 Å². The molecule has 0 spiro atoms. The Kier molecular flexibility index (Phi) is 10.2. The monoisotopic (exact) mass is 476 g/mol. The molecule has 6 heteroatoms. The highest BCUT2D eigenvalue weighted by atomic mass is 16.5. The predicted octanol–water partition coefficient (Wildman–Crippen LogP) is 5.62. The number of ether oxygens (including phenoxy) is 3. The van der Waals surface area contributed by atoms with Crippen molar-refractivity contribution in [2.24, 2.45) is 5.92 Å². The molecule has 0 aliphatic carbocycles. The number of rotatable bonds is 12. The third kappa shape index (κ3) is 8.74. The van der Waals surface area contributed by atoms with Gasteiger partial charge in [0, 0.05) is 22.6 Å². The van der Waals surface area contributed by atoms with Crippen molar-refractivity contribution in [3.63, 3.8) is 0 Å². The molecule has 0 aliphatic rings. The second kappa shape index (κ2) is 13.1. The minimum atomic E-state index is -0.480. The lowest BCUT2D eigenvalue weighted by molar-refractivity contribution is -0.144. The fraction of sp³-hybridized carbons (Fsp3) is 0.276. The Morgan fingerprint density at radius 2 is 1.23 bits per heavy atom. The number of hydrogen-bond donors (Lipinski definition) is 0. The maximum atomic E-state index is 12.0. The van der Waals surface area contributed by atoms with Crippen LogP contribution in [-0.4, -0.2) is 31.1 Å². The zero-order valence-corrected chi connectivity index (χ0v) is 20.6. The molecule has 35 heavy (non-hydrogen) atoms. The first-order chi connectivity index (χ1) is 16.6. The van der Waals surface area contributed by atoms with Gasteiger partial charge in [0.2, 0.25) is 0 Å². The van der Waals surface area contributed by atoms with Gasteiger partial charge in [0.25, 0.3) is 0 Å². The molecule has 0 saturated heterocycles. The van der Waals surface area contributed by atoms with Crippen LogP contribution in [-0.2, 0) is 30.3 Å². The first kappa shape index (κ1) is 27.3. The van der Waals surface area contributed by atoms with Crippen LogP contribution in [0.15, 0.2) is 85.0 Å². The number of carbonyl (C=O) groups is 3. The molecule has 0 amide bonds. The highest BCUT2D eigenvalue weighted by Crippen LogP contribution is 2.24. The van der Waals surface area contributed by atoms with Gasteiger partial charge in [0.15, 0.2) is 0 Å². The Morgan fingerprint density at radius 3 is 1.71 bits per heavy atom. The Balaban J connectivity index is 2.06. The van der Waals surface area contributed by atoms with Crippen molar-refractivity contribution in [3.05, 3.63) is 90.6 Å². The average molecular weight is 477 g/mol. The molecule has 0 aromatic heterocycles. The number of hydrogen-bond acceptors (Lipinski definition) is 6. The molecule has 0 heterocycles. The Morgan fingerprint density at radius 1 is 0.743 bits per heavy atom. The summed E-state index contributed by atoms with van der Waals surface area (Å²) in [6.45, 7) is 16.1. The van der Waals surface area contributed by atoms with Crippen molar-refractivity contribution >= 4 is 17.9 Å². The van der Waals surface area contributed by atoms with Crippen LogP contribution in [0.25, 0.3) is 11.1 Å². The van der Waals surface area contributed by atoms with E-state index in [1.165, 1.54) is 0 Å². The van der Waals surface area contributed by atoms with Crippen molar-refractivity contribution < 1.29 is 28.6 Å². The minimum absolute atomic E-state index is 0.101. The van der Waals surface area contributed by atoms with E-state index in [9.17, 15) is 14.4 Å². The van der Waals surface area contributed by atoms with Crippen LogP contribution in [0, 0.1) is 5.92 Å². The largest absolute Gasteiger partial charge is 0.462 e. The predicted molar refractivity (Wildman–Crippen MR) is 136 cm³/mol. The first-order valence-electron chi connectivity index (χ1n) is 11.3. The van der Waals surface area contributed by atoms with E-state index in [-0.39, 0.29) is 19.1 Å². The molecular formula is C29H32O6. The standard InChI is InChI=1S/C29H32O6/c1-7-21(6)29(32)34-18-23(17-33-27(30)19(2)3)16-22-8-10-24(11-9-22)25-12-14-26(15-13-25)35-28(31)20(4)5/h8-15,23H,2,4,6-7,16-18H2,1,3,5H3. The summed E-state index contributed by atoms with van der Waals surface area (Å²) in [5, 5.41) is 0. The molecule has 0 saturated carbocycles. The van der Waals surface area contributed by atoms with E-state index in [1.807, 2.05) is 43.3 Å². The number of esters is 3. The summed E-state index contributed by atoms with van der Waals surface area (Å²) in [5.41, 5.74) is 4.00. The van der Waals surface area contributed by atoms with E-state index >= 15 is 0 Å². The molecule has 0 N–H and O–H groups in total. The van der Waals surface area contributed by atoms with Crippen LogP contribution in [0.1, 0.15) is 32.8 Å². The summed E-state index contributed by atoms with van der Waals surface area (Å²) in [5.74, 6) is -1.16. The molecule has 2 aromatic carbocycles. The molecule has 0 radical (unpaired) electrons. The lowest BCUT2D eigenvalue weighted by Crippen LogP contribution is -2.23. The zero-order valence-electron chi connectivity index (χ0n) is 20.6. The van der Waals surface area contributed by atoms with Crippen LogP contribution in [0.5, 0.6) is 5.75 Å². The smallest absolute Gasteiger partial charge is 0.338 e. The van der Waals surface area contributed by atoms with Crippen molar-refractivity contribution in [3.8, 4) is 16.9 Å². The summed E-state index contributed by atoms with van der Waals surface area (Å²) in [4.78, 5) is 35.5. The first-order valence-corrected chi connectivity index (χ1v) is 11.3. The number of benzene rings is 2. The third-order valence-corrected chi connectivity index (χ3v) is 5.19. The zero-order chi connectivity index (χ0) is 26.0. The van der Waals surface area contributed by atoms with Crippen LogP contribution >= 0.6 is 0 Å². The van der Waals surface area contributed by atoms with Crippen LogP contribution in [0.3, 0.4) is 0 Å². The van der Waals surface area contributed by atoms with Gasteiger partial charge in [-0.05, 0) is 55.5 Å². The summed E-state index contributed by atoms with van der Waals surface area (Å²) < 4.78 is 15.9. The van der Waals surface area contributed by atoms with E-state index in [4.69, 9.17) is 14.2 Å². The average Bonchev–Trinajstić information content (AvgIpc) is 2.85. The molecule has 1 atom stereocenters. The van der Waals surface area contributed by atoms with Gasteiger partial charge < -0.3 is 14.2 Å². The Labute approximate surface area is 206 Å². The van der Waals surface area contributed by atoms with E-state index in [0.29, 0.717) is 35.3 Å². The molecule has 0 fully saturated rings. The maximum absolute atomic E-state index is 12.0. The molecule has 2 rings (SSSR count). The summed E-state index contributed by atoms with van der Waals surface area (Å²) in [6, 6.07) is 15.1. The third-order valence-electron chi connectivity index (χ3n) is 5.19. The minimum Gasteiger partial charge on any atom is -0.462 e. The van der Waals surface area contributed by atoms with Crippen LogP contribution in [0.2, 0.25) is 0 Å². The van der Waals surface area contributed by atoms with Crippen LogP contribution in [0.4, 0.5) is 0 Å². The van der Waals surface area contributed by atoms with Gasteiger partial charge in [-0.15, -0.1) is 0 Å². The van der Waals surface area contributed by atoms with E-state index < -0.39 is 17.9 Å². The van der Waals surface area contributed by atoms with Gasteiger partial charge in [-0.25, -0.2) is 14.4 Å². The van der Waals surface area contributed by atoms with E-state index in [0.717, 1.165) is 16.7 Å². The second-order valence-electron chi connectivity index (χ2n) is 8.40. The molecule has 184 valence electrons. The number of carbonyl (C=O) groups excluding carboxylic acids is 3. The highest BCUT2D eigenvalue weighted by Gasteiger charge is 2.17. The molecule has 0 bridgehead atoms. The van der Waals surface area contributed by atoms with Crippen molar-refractivity contribution in [1.82, 2.24) is 0 Å². The van der Waals surface area contributed by atoms with Crippen molar-refractivity contribution in [2.45, 2.75) is 33.6 Å². The SMILES string of the molecule is C=C(C)C(=O)OCC(COC(=O)C(=C)CC)Cc1ccc(-c2ccc(OC(=O)C(=C)C)cc2)cc1. The highest BCUT2D eigenvalue weighted by molar-refractivity contribution is 5.89. The molecular weight excluding hydrogens is 444 g/mol. The van der Waals surface area contributed by atoms with Gasteiger partial charge >= 0.3 is 17.9 Å². The van der Waals surface area contributed by atoms with Gasteiger partial charge in [0.1, 0.15) is 5.75 Å². The maximum Gasteiger partial charge on any atom is 0.338 e. The second-order valence-corrected chi connectivity index (χ2v) is 8.40. The molecule has 0 aliphatic heterocycles. The van der Waals surface area contributed by atoms with Crippen LogP contribution < -0.4 is 4.74 Å². The van der Waals surface area contributed by atoms with Gasteiger partial charge in [-0.1, -0.05) is 63.1 Å². The Bertz CT molecular complexity index is 1090. The lowest BCUT2D eigenvalue weighted by Gasteiger charge is -2.18.